The Kier molecular flexibility index (Phi) is 8.08. The zero-order valence-corrected chi connectivity index (χ0v) is 19.4. The van der Waals surface area contributed by atoms with Gasteiger partial charge in [-0.25, -0.2) is 0 Å². The van der Waals surface area contributed by atoms with E-state index in [-0.39, 0.29) is 18.4 Å². The van der Waals surface area contributed by atoms with Crippen LogP contribution in [0.25, 0.3) is 0 Å². The maximum absolute atomic E-state index is 13.1. The van der Waals surface area contributed by atoms with Crippen molar-refractivity contribution in [2.24, 2.45) is 0 Å². The summed E-state index contributed by atoms with van der Waals surface area (Å²) in [6.45, 7) is 6.22. The van der Waals surface area contributed by atoms with Crippen molar-refractivity contribution in [2.75, 3.05) is 18.0 Å². The summed E-state index contributed by atoms with van der Waals surface area (Å²) < 4.78 is 0. The quantitative estimate of drug-likeness (QED) is 0.483. The van der Waals surface area contributed by atoms with Crippen LogP contribution in [-0.2, 0) is 17.6 Å². The van der Waals surface area contributed by atoms with Crippen LogP contribution in [0.2, 0.25) is 0 Å². The van der Waals surface area contributed by atoms with Crippen molar-refractivity contribution in [1.29, 1.82) is 5.41 Å². The van der Waals surface area contributed by atoms with E-state index < -0.39 is 0 Å². The summed E-state index contributed by atoms with van der Waals surface area (Å²) in [6, 6.07) is 17.1. The number of hydrogen-bond acceptors (Lipinski definition) is 4. The number of amides is 2. The van der Waals surface area contributed by atoms with Crippen molar-refractivity contribution in [3.05, 3.63) is 94.8 Å². The van der Waals surface area contributed by atoms with Gasteiger partial charge in [-0.1, -0.05) is 43.3 Å². The van der Waals surface area contributed by atoms with Crippen molar-refractivity contribution in [1.82, 2.24) is 10.3 Å². The average molecular weight is 443 g/mol. The van der Waals surface area contributed by atoms with Crippen LogP contribution in [0.4, 0.5) is 5.69 Å². The van der Waals surface area contributed by atoms with E-state index in [4.69, 9.17) is 5.41 Å². The lowest BCUT2D eigenvalue weighted by Gasteiger charge is -2.22. The molecule has 2 N–H and O–H groups in total. The second-order valence-electron chi connectivity index (χ2n) is 7.85. The monoisotopic (exact) mass is 442 g/mol. The van der Waals surface area contributed by atoms with E-state index in [0.717, 1.165) is 23.2 Å². The molecule has 6 heteroatoms. The summed E-state index contributed by atoms with van der Waals surface area (Å²) in [6.07, 6.45) is 4.71. The molecule has 0 atom stereocenters. The number of pyridine rings is 1. The van der Waals surface area contributed by atoms with Crippen LogP contribution in [0.3, 0.4) is 0 Å². The van der Waals surface area contributed by atoms with E-state index in [1.54, 1.807) is 23.4 Å². The number of benzene rings is 2. The summed E-state index contributed by atoms with van der Waals surface area (Å²) in [4.78, 5) is 31.7. The van der Waals surface area contributed by atoms with Crippen LogP contribution in [-0.4, -0.2) is 35.6 Å². The minimum atomic E-state index is -0.357. The molecule has 0 fully saturated rings. The van der Waals surface area contributed by atoms with E-state index in [9.17, 15) is 9.59 Å². The van der Waals surface area contributed by atoms with Gasteiger partial charge in [0, 0.05) is 42.3 Å². The van der Waals surface area contributed by atoms with Gasteiger partial charge >= 0.3 is 0 Å². The molecule has 3 aromatic rings. The average Bonchev–Trinajstić information content (AvgIpc) is 2.84. The molecule has 2 amide bonds. The van der Waals surface area contributed by atoms with Crippen molar-refractivity contribution in [3.63, 3.8) is 0 Å². The maximum Gasteiger partial charge on any atom is 0.252 e. The molecular weight excluding hydrogens is 412 g/mol. The van der Waals surface area contributed by atoms with E-state index >= 15 is 0 Å². The second kappa shape index (κ2) is 11.2. The molecule has 0 aliphatic carbocycles. The highest BCUT2D eigenvalue weighted by molar-refractivity contribution is 6.11. The molecule has 1 aromatic heterocycles. The summed E-state index contributed by atoms with van der Waals surface area (Å²) in [5.41, 5.74) is 4.99. The van der Waals surface area contributed by atoms with Crippen molar-refractivity contribution in [2.45, 2.75) is 33.6 Å². The molecule has 3 rings (SSSR count). The van der Waals surface area contributed by atoms with E-state index in [2.05, 4.69) is 17.2 Å². The van der Waals surface area contributed by atoms with Gasteiger partial charge in [0.1, 0.15) is 0 Å². The lowest BCUT2D eigenvalue weighted by atomic mass is 9.94. The standard InChI is InChI=1S/C27H30N4O2/c1-4-20-11-13-22(14-12-20)31(5-2)25(32)18-30-27(33)26-19(3)8-6-10-23(26)24(28)16-21-9-7-15-29-17-21/h6-15,17,28H,4-5,16,18H2,1-3H3,(H,30,33). The highest BCUT2D eigenvalue weighted by Crippen LogP contribution is 2.18. The number of carbonyl (C=O) groups excluding carboxylic acids is 2. The molecule has 170 valence electrons. The zero-order chi connectivity index (χ0) is 23.8. The van der Waals surface area contributed by atoms with Gasteiger partial charge in [0.25, 0.3) is 5.91 Å². The van der Waals surface area contributed by atoms with Gasteiger partial charge in [-0.05, 0) is 55.2 Å². The molecule has 0 aliphatic heterocycles. The highest BCUT2D eigenvalue weighted by Gasteiger charge is 2.20. The molecule has 0 spiro atoms. The van der Waals surface area contributed by atoms with Crippen molar-refractivity contribution >= 4 is 23.2 Å². The minimum absolute atomic E-state index is 0.119. The first-order valence-electron chi connectivity index (χ1n) is 11.2. The fourth-order valence-corrected chi connectivity index (χ4v) is 3.78. The summed E-state index contributed by atoms with van der Waals surface area (Å²) in [5.74, 6) is -0.541. The zero-order valence-electron chi connectivity index (χ0n) is 19.4. The Labute approximate surface area is 195 Å². The van der Waals surface area contributed by atoms with Gasteiger partial charge in [-0.3, -0.25) is 14.6 Å². The van der Waals surface area contributed by atoms with Crippen LogP contribution >= 0.6 is 0 Å². The molecule has 1 heterocycles. The predicted octanol–water partition coefficient (Wildman–Crippen LogP) is 4.35. The molecular formula is C27H30N4O2. The van der Waals surface area contributed by atoms with E-state index in [0.29, 0.717) is 29.8 Å². The number of anilines is 1. The Balaban J connectivity index is 1.73. The maximum atomic E-state index is 13.1. The van der Waals surface area contributed by atoms with Crippen molar-refractivity contribution in [3.8, 4) is 0 Å². The third-order valence-corrected chi connectivity index (χ3v) is 5.60. The number of nitrogens with one attached hydrogen (secondary N) is 2. The van der Waals surface area contributed by atoms with Crippen LogP contribution in [0.5, 0.6) is 0 Å². The van der Waals surface area contributed by atoms with Gasteiger partial charge in [0.15, 0.2) is 0 Å². The molecule has 6 nitrogen and oxygen atoms in total. The number of aromatic nitrogens is 1. The number of likely N-dealkylation sites (N-methyl/N-ethyl adjacent to an activating group) is 1. The first-order valence-corrected chi connectivity index (χ1v) is 11.2. The molecule has 0 radical (unpaired) electrons. The lowest BCUT2D eigenvalue weighted by molar-refractivity contribution is -0.117. The Morgan fingerprint density at radius 2 is 1.76 bits per heavy atom. The molecule has 0 bridgehead atoms. The largest absolute Gasteiger partial charge is 0.343 e. The fourth-order valence-electron chi connectivity index (χ4n) is 3.78. The lowest BCUT2D eigenvalue weighted by Crippen LogP contribution is -2.40. The number of hydrogen-bond donors (Lipinski definition) is 2. The van der Waals surface area contributed by atoms with Crippen molar-refractivity contribution < 1.29 is 9.59 Å². The number of aryl methyl sites for hydroxylation is 2. The Morgan fingerprint density at radius 1 is 1.00 bits per heavy atom. The predicted molar refractivity (Wildman–Crippen MR) is 132 cm³/mol. The highest BCUT2D eigenvalue weighted by atomic mass is 16.2. The Bertz CT molecular complexity index is 1120. The summed E-state index contributed by atoms with van der Waals surface area (Å²) in [7, 11) is 0. The topological polar surface area (TPSA) is 86.2 Å². The molecule has 0 aliphatic rings. The molecule has 2 aromatic carbocycles. The first kappa shape index (κ1) is 23.9. The van der Waals surface area contributed by atoms with Crippen LogP contribution < -0.4 is 10.2 Å². The number of rotatable bonds is 9. The van der Waals surface area contributed by atoms with Gasteiger partial charge in [0.2, 0.25) is 5.91 Å². The smallest absolute Gasteiger partial charge is 0.252 e. The van der Waals surface area contributed by atoms with Gasteiger partial charge < -0.3 is 15.6 Å². The number of carbonyl (C=O) groups is 2. The Hall–Kier alpha value is -3.80. The van der Waals surface area contributed by atoms with Gasteiger partial charge in [-0.15, -0.1) is 0 Å². The third kappa shape index (κ3) is 5.92. The van der Waals surface area contributed by atoms with Gasteiger partial charge in [-0.2, -0.15) is 0 Å². The second-order valence-corrected chi connectivity index (χ2v) is 7.85. The summed E-state index contributed by atoms with van der Waals surface area (Å²) in [5, 5.41) is 11.3. The van der Waals surface area contributed by atoms with Crippen LogP contribution in [0.1, 0.15) is 46.5 Å². The fraction of sp³-hybridized carbons (Fsp3) is 0.259. The molecule has 0 unspecified atom stereocenters. The normalized spacial score (nSPS) is 10.5. The minimum Gasteiger partial charge on any atom is -0.343 e. The molecule has 33 heavy (non-hydrogen) atoms. The molecule has 0 saturated carbocycles. The van der Waals surface area contributed by atoms with Gasteiger partial charge in [0.05, 0.1) is 12.1 Å². The van der Waals surface area contributed by atoms with E-state index in [1.165, 1.54) is 5.56 Å². The first-order chi connectivity index (χ1) is 15.9. The third-order valence-electron chi connectivity index (χ3n) is 5.60. The Morgan fingerprint density at radius 3 is 2.39 bits per heavy atom. The summed E-state index contributed by atoms with van der Waals surface area (Å²) >= 11 is 0. The molecule has 0 saturated heterocycles. The number of nitrogens with zero attached hydrogens (tertiary/aromatic N) is 2. The van der Waals surface area contributed by atoms with Crippen LogP contribution in [0.15, 0.2) is 67.0 Å². The SMILES string of the molecule is CCc1ccc(N(CC)C(=O)CNC(=O)c2c(C)cccc2C(=N)Cc2cccnc2)cc1. The van der Waals surface area contributed by atoms with E-state index in [1.807, 2.05) is 62.4 Å². The van der Waals surface area contributed by atoms with Crippen LogP contribution in [0, 0.1) is 12.3 Å².